The van der Waals surface area contributed by atoms with E-state index in [0.717, 1.165) is 45.3 Å². The lowest BCUT2D eigenvalue weighted by atomic mass is 9.86. The van der Waals surface area contributed by atoms with Gasteiger partial charge in [0.05, 0.1) is 0 Å². The summed E-state index contributed by atoms with van der Waals surface area (Å²) in [5.74, 6) is 0.992. The standard InChI is InChI=1S/C22H34N2O3.C2H6/c1-22(2,3)27-21(26)24-11-9-16(10-12-24)15-23(4)19-7-5-17-6-8-20(25)14-18(17)13-19;1-2/h6,8,14,16,19,25H,5,7,9-13,15H2,1-4H3;1-2H3. The van der Waals surface area contributed by atoms with Crippen molar-refractivity contribution in [3.8, 4) is 5.75 Å². The third-order valence-electron chi connectivity index (χ3n) is 5.83. The lowest BCUT2D eigenvalue weighted by molar-refractivity contribution is 0.0166. The molecule has 1 atom stereocenters. The molecule has 0 bridgehead atoms. The number of carbonyl (C=O) groups is 1. The van der Waals surface area contributed by atoms with Crippen molar-refractivity contribution in [3.63, 3.8) is 0 Å². The first-order valence-electron chi connectivity index (χ1n) is 11.2. The number of benzene rings is 1. The van der Waals surface area contributed by atoms with Crippen LogP contribution >= 0.6 is 0 Å². The Morgan fingerprint density at radius 1 is 1.17 bits per heavy atom. The topological polar surface area (TPSA) is 53.0 Å². The Morgan fingerprint density at radius 2 is 1.83 bits per heavy atom. The van der Waals surface area contributed by atoms with Gasteiger partial charge in [0.15, 0.2) is 0 Å². The fourth-order valence-corrected chi connectivity index (χ4v) is 4.28. The second kappa shape index (κ2) is 10.3. The maximum absolute atomic E-state index is 12.2. The number of likely N-dealkylation sites (N-methyl/N-ethyl adjacent to an activating group) is 1. The average Bonchev–Trinajstić information content (AvgIpc) is 2.68. The average molecular weight is 405 g/mol. The number of phenolic OH excluding ortho intramolecular Hbond substituents is 1. The number of amides is 1. The molecular weight excluding hydrogens is 364 g/mol. The molecule has 29 heavy (non-hydrogen) atoms. The first kappa shape index (κ1) is 23.5. The number of hydrogen-bond acceptors (Lipinski definition) is 4. The van der Waals surface area contributed by atoms with Gasteiger partial charge in [-0.05, 0) is 89.1 Å². The second-order valence-corrected chi connectivity index (χ2v) is 9.20. The summed E-state index contributed by atoms with van der Waals surface area (Å²) in [6, 6.07) is 6.31. The monoisotopic (exact) mass is 404 g/mol. The number of aromatic hydroxyl groups is 1. The van der Waals surface area contributed by atoms with E-state index in [4.69, 9.17) is 4.74 Å². The molecule has 1 aromatic carbocycles. The summed E-state index contributed by atoms with van der Waals surface area (Å²) >= 11 is 0. The lowest BCUT2D eigenvalue weighted by Crippen LogP contribution is -2.45. The Bertz CT molecular complexity index is 661. The molecule has 1 heterocycles. The fourth-order valence-electron chi connectivity index (χ4n) is 4.28. The highest BCUT2D eigenvalue weighted by molar-refractivity contribution is 5.68. The van der Waals surface area contributed by atoms with Crippen molar-refractivity contribution in [3.05, 3.63) is 29.3 Å². The molecule has 1 N–H and O–H groups in total. The zero-order valence-electron chi connectivity index (χ0n) is 19.2. The van der Waals surface area contributed by atoms with E-state index in [1.165, 1.54) is 17.5 Å². The predicted octanol–water partition coefficient (Wildman–Crippen LogP) is 4.85. The molecular formula is C24H40N2O3. The molecule has 5 heteroatoms. The number of piperidine rings is 1. The summed E-state index contributed by atoms with van der Waals surface area (Å²) in [6.07, 6.45) is 5.16. The zero-order chi connectivity index (χ0) is 21.6. The van der Waals surface area contributed by atoms with Crippen LogP contribution in [-0.2, 0) is 17.6 Å². The maximum Gasteiger partial charge on any atom is 0.410 e. The van der Waals surface area contributed by atoms with Crippen LogP contribution in [0.3, 0.4) is 0 Å². The van der Waals surface area contributed by atoms with Gasteiger partial charge in [0.1, 0.15) is 11.4 Å². The molecule has 1 saturated heterocycles. The van der Waals surface area contributed by atoms with Gasteiger partial charge in [0.25, 0.3) is 0 Å². The molecule has 0 aromatic heterocycles. The van der Waals surface area contributed by atoms with Crippen LogP contribution in [0.5, 0.6) is 5.75 Å². The summed E-state index contributed by atoms with van der Waals surface area (Å²) in [5, 5.41) is 9.76. The van der Waals surface area contributed by atoms with Gasteiger partial charge < -0.3 is 19.6 Å². The Balaban J connectivity index is 0.00000145. The number of fused-ring (bicyclic) bond motifs is 1. The van der Waals surface area contributed by atoms with E-state index in [1.807, 2.05) is 45.6 Å². The van der Waals surface area contributed by atoms with Crippen LogP contribution in [0.4, 0.5) is 4.79 Å². The number of aryl methyl sites for hydroxylation is 1. The van der Waals surface area contributed by atoms with Crippen LogP contribution in [0.15, 0.2) is 18.2 Å². The van der Waals surface area contributed by atoms with Gasteiger partial charge in [-0.2, -0.15) is 0 Å². The largest absolute Gasteiger partial charge is 0.508 e. The first-order chi connectivity index (χ1) is 13.7. The minimum absolute atomic E-state index is 0.182. The number of carbonyl (C=O) groups excluding carboxylic acids is 1. The zero-order valence-corrected chi connectivity index (χ0v) is 19.2. The fraction of sp³-hybridized carbons (Fsp3) is 0.708. The molecule has 1 unspecified atom stereocenters. The van der Waals surface area contributed by atoms with E-state index in [-0.39, 0.29) is 6.09 Å². The van der Waals surface area contributed by atoms with Crippen LogP contribution < -0.4 is 0 Å². The van der Waals surface area contributed by atoms with Crippen molar-refractivity contribution in [1.82, 2.24) is 9.80 Å². The molecule has 0 spiro atoms. The maximum atomic E-state index is 12.2. The van der Waals surface area contributed by atoms with Gasteiger partial charge in [0, 0.05) is 25.7 Å². The van der Waals surface area contributed by atoms with Crippen LogP contribution in [0, 0.1) is 5.92 Å². The molecule has 2 aliphatic rings. The molecule has 0 radical (unpaired) electrons. The first-order valence-corrected chi connectivity index (χ1v) is 11.2. The van der Waals surface area contributed by atoms with E-state index >= 15 is 0 Å². The molecule has 1 amide bonds. The third kappa shape index (κ3) is 6.91. The second-order valence-electron chi connectivity index (χ2n) is 9.20. The third-order valence-corrected chi connectivity index (χ3v) is 5.83. The van der Waals surface area contributed by atoms with Crippen molar-refractivity contribution in [1.29, 1.82) is 0 Å². The normalized spacial score (nSPS) is 20.0. The highest BCUT2D eigenvalue weighted by atomic mass is 16.6. The van der Waals surface area contributed by atoms with Gasteiger partial charge in [-0.15, -0.1) is 0 Å². The lowest BCUT2D eigenvalue weighted by Gasteiger charge is -2.38. The van der Waals surface area contributed by atoms with E-state index < -0.39 is 5.60 Å². The molecule has 3 rings (SSSR count). The molecule has 5 nitrogen and oxygen atoms in total. The molecule has 1 fully saturated rings. The van der Waals surface area contributed by atoms with E-state index in [2.05, 4.69) is 18.0 Å². The highest BCUT2D eigenvalue weighted by Gasteiger charge is 2.29. The summed E-state index contributed by atoms with van der Waals surface area (Å²) < 4.78 is 5.49. The van der Waals surface area contributed by atoms with Crippen LogP contribution in [-0.4, -0.2) is 59.3 Å². The van der Waals surface area contributed by atoms with E-state index in [0.29, 0.717) is 17.7 Å². The molecule has 1 aliphatic heterocycles. The quantitative estimate of drug-likeness (QED) is 0.782. The van der Waals surface area contributed by atoms with Crippen molar-refractivity contribution in [2.24, 2.45) is 5.92 Å². The smallest absolute Gasteiger partial charge is 0.410 e. The van der Waals surface area contributed by atoms with Crippen molar-refractivity contribution < 1.29 is 14.6 Å². The number of phenols is 1. The summed E-state index contributed by atoms with van der Waals surface area (Å²) in [4.78, 5) is 16.5. The minimum atomic E-state index is -0.431. The number of nitrogens with zero attached hydrogens (tertiary/aromatic N) is 2. The van der Waals surface area contributed by atoms with Gasteiger partial charge in [0.2, 0.25) is 0 Å². The predicted molar refractivity (Wildman–Crippen MR) is 118 cm³/mol. The van der Waals surface area contributed by atoms with Gasteiger partial charge in [-0.25, -0.2) is 4.79 Å². The number of likely N-dealkylation sites (tertiary alicyclic amines) is 1. The minimum Gasteiger partial charge on any atom is -0.508 e. The number of rotatable bonds is 3. The Morgan fingerprint density at radius 3 is 2.45 bits per heavy atom. The Kier molecular flexibility index (Phi) is 8.38. The number of hydrogen-bond donors (Lipinski definition) is 1. The number of ether oxygens (including phenoxy) is 1. The van der Waals surface area contributed by atoms with Crippen LogP contribution in [0.2, 0.25) is 0 Å². The Labute approximate surface area is 177 Å². The van der Waals surface area contributed by atoms with Gasteiger partial charge in [-0.1, -0.05) is 19.9 Å². The SMILES string of the molecule is CC.CN(CC1CCN(C(=O)OC(C)(C)C)CC1)C1CCc2ccc(O)cc2C1. The summed E-state index contributed by atoms with van der Waals surface area (Å²) in [5.41, 5.74) is 2.24. The highest BCUT2D eigenvalue weighted by Crippen LogP contribution is 2.28. The molecule has 1 aromatic rings. The van der Waals surface area contributed by atoms with Crippen LogP contribution in [0.1, 0.15) is 65.0 Å². The van der Waals surface area contributed by atoms with Gasteiger partial charge in [-0.3, -0.25) is 0 Å². The molecule has 164 valence electrons. The van der Waals surface area contributed by atoms with Gasteiger partial charge >= 0.3 is 6.09 Å². The Hall–Kier alpha value is -1.75. The van der Waals surface area contributed by atoms with E-state index in [1.54, 1.807) is 6.07 Å². The van der Waals surface area contributed by atoms with Crippen molar-refractivity contribution >= 4 is 6.09 Å². The summed E-state index contributed by atoms with van der Waals surface area (Å²) in [6.45, 7) is 12.4. The van der Waals surface area contributed by atoms with Crippen molar-refractivity contribution in [2.75, 3.05) is 26.7 Å². The summed E-state index contributed by atoms with van der Waals surface area (Å²) in [7, 11) is 2.22. The van der Waals surface area contributed by atoms with E-state index in [9.17, 15) is 9.90 Å². The molecule has 1 aliphatic carbocycles. The van der Waals surface area contributed by atoms with Crippen LogP contribution in [0.25, 0.3) is 0 Å². The molecule has 0 saturated carbocycles. The van der Waals surface area contributed by atoms with Crippen molar-refractivity contribution in [2.45, 2.75) is 78.4 Å².